The molecule has 1 aromatic rings. The second kappa shape index (κ2) is 6.85. The van der Waals surface area contributed by atoms with Gasteiger partial charge in [-0.2, -0.15) is 13.2 Å². The number of nitrogens with zero attached hydrogens (tertiary/aromatic N) is 1. The third-order valence-electron chi connectivity index (χ3n) is 2.95. The van der Waals surface area contributed by atoms with Crippen LogP contribution in [0.2, 0.25) is 0 Å². The number of rotatable bonds is 2. The van der Waals surface area contributed by atoms with Gasteiger partial charge < -0.3 is 0 Å². The van der Waals surface area contributed by atoms with Gasteiger partial charge in [-0.05, 0) is 39.8 Å². The lowest BCUT2D eigenvalue weighted by molar-refractivity contribution is -0.135. The molecule has 4 nitrogen and oxygen atoms in total. The molecule has 0 atom stereocenters. The number of allylic oxidation sites excluding steroid dienone is 1. The quantitative estimate of drug-likeness (QED) is 0.667. The van der Waals surface area contributed by atoms with Gasteiger partial charge in [-0.15, -0.1) is 0 Å². The fraction of sp³-hybridized carbons (Fsp3) is 0.375. The summed E-state index contributed by atoms with van der Waals surface area (Å²) in [5.74, 6) is -1.97. The van der Waals surface area contributed by atoms with Crippen LogP contribution in [0.3, 0.4) is 0 Å². The first-order valence-corrected chi connectivity index (χ1v) is 6.92. The molecular weight excluding hydrogens is 309 g/mol. The fourth-order valence-corrected chi connectivity index (χ4v) is 1.82. The molecule has 0 unspecified atom stereocenters. The Bertz CT molecular complexity index is 602. The van der Waals surface area contributed by atoms with Gasteiger partial charge in [0.05, 0.1) is 5.54 Å². The summed E-state index contributed by atoms with van der Waals surface area (Å²) in [6.45, 7) is 5.94. The van der Waals surface area contributed by atoms with E-state index in [0.29, 0.717) is 6.08 Å². The molecule has 0 heterocycles. The van der Waals surface area contributed by atoms with E-state index in [4.69, 9.17) is 0 Å². The van der Waals surface area contributed by atoms with Crippen molar-refractivity contribution >= 4 is 11.8 Å². The zero-order valence-corrected chi connectivity index (χ0v) is 13.4. The predicted molar refractivity (Wildman–Crippen MR) is 80.3 cm³/mol. The molecular formula is C16H19F3N2O2. The average Bonchev–Trinajstić information content (AvgIpc) is 2.43. The Labute approximate surface area is 132 Å². The van der Waals surface area contributed by atoms with Crippen molar-refractivity contribution < 1.29 is 22.8 Å². The van der Waals surface area contributed by atoms with Crippen LogP contribution in [-0.4, -0.2) is 28.5 Å². The van der Waals surface area contributed by atoms with E-state index in [1.807, 2.05) is 0 Å². The summed E-state index contributed by atoms with van der Waals surface area (Å²) in [4.78, 5) is 24.4. The second-order valence-electron chi connectivity index (χ2n) is 5.82. The Balaban J connectivity index is 3.11. The molecule has 0 saturated heterocycles. The van der Waals surface area contributed by atoms with Crippen molar-refractivity contribution in [2.45, 2.75) is 39.4 Å². The first kappa shape index (κ1) is 18.7. The van der Waals surface area contributed by atoms with Crippen molar-refractivity contribution in [2.75, 3.05) is 0 Å². The molecule has 7 heteroatoms. The number of benzene rings is 1. The van der Waals surface area contributed by atoms with Crippen LogP contribution in [0, 0.1) is 0 Å². The third kappa shape index (κ3) is 4.84. The lowest BCUT2D eigenvalue weighted by Gasteiger charge is -2.35. The number of carbonyl (C=O) groups is 2. The predicted octanol–water partition coefficient (Wildman–Crippen LogP) is 3.47. The highest BCUT2D eigenvalue weighted by atomic mass is 19.4. The molecule has 0 fully saturated rings. The smallest absolute Gasteiger partial charge is 0.267 e. The van der Waals surface area contributed by atoms with Crippen molar-refractivity contribution in [3.8, 4) is 0 Å². The summed E-state index contributed by atoms with van der Waals surface area (Å²) < 4.78 is 38.4. The maximum Gasteiger partial charge on any atom is 0.421 e. The van der Waals surface area contributed by atoms with E-state index in [1.165, 1.54) is 12.1 Å². The molecule has 0 aliphatic rings. The lowest BCUT2D eigenvalue weighted by Crippen LogP contribution is -2.56. The van der Waals surface area contributed by atoms with Crippen molar-refractivity contribution in [3.63, 3.8) is 0 Å². The molecule has 1 aromatic carbocycles. The highest BCUT2D eigenvalue weighted by Crippen LogP contribution is 2.26. The average molecular weight is 328 g/mol. The number of hydrogen-bond acceptors (Lipinski definition) is 2. The van der Waals surface area contributed by atoms with Crippen molar-refractivity contribution in [1.82, 2.24) is 10.4 Å². The second-order valence-corrected chi connectivity index (χ2v) is 5.82. The first-order chi connectivity index (χ1) is 10.5. The van der Waals surface area contributed by atoms with Gasteiger partial charge in [0.15, 0.2) is 0 Å². The van der Waals surface area contributed by atoms with Gasteiger partial charge in [0.2, 0.25) is 0 Å². The number of hydrogen-bond donors (Lipinski definition) is 1. The van der Waals surface area contributed by atoms with E-state index in [9.17, 15) is 22.8 Å². The Hall–Kier alpha value is -2.31. The van der Waals surface area contributed by atoms with Crippen LogP contribution in [0.5, 0.6) is 0 Å². The minimum absolute atomic E-state index is 0.261. The van der Waals surface area contributed by atoms with Gasteiger partial charge in [-0.25, -0.2) is 5.01 Å². The minimum Gasteiger partial charge on any atom is -0.267 e. The van der Waals surface area contributed by atoms with Gasteiger partial charge in [0.25, 0.3) is 11.8 Å². The van der Waals surface area contributed by atoms with Gasteiger partial charge in [-0.3, -0.25) is 15.0 Å². The van der Waals surface area contributed by atoms with E-state index < -0.39 is 29.1 Å². The van der Waals surface area contributed by atoms with Crippen molar-refractivity contribution in [3.05, 3.63) is 47.5 Å². The number of halogens is 3. The molecule has 1 N–H and O–H groups in total. The van der Waals surface area contributed by atoms with E-state index in [0.717, 1.165) is 11.9 Å². The summed E-state index contributed by atoms with van der Waals surface area (Å²) in [5, 5.41) is 0.903. The number of carbonyl (C=O) groups excluding carboxylic acids is 2. The molecule has 0 radical (unpaired) electrons. The molecule has 0 bridgehead atoms. The van der Waals surface area contributed by atoms with Gasteiger partial charge >= 0.3 is 6.18 Å². The van der Waals surface area contributed by atoms with Crippen LogP contribution in [-0.2, 0) is 4.79 Å². The topological polar surface area (TPSA) is 49.4 Å². The van der Waals surface area contributed by atoms with Crippen LogP contribution >= 0.6 is 0 Å². The SMILES string of the molecule is CC=C(C(=O)NN(C(=O)c1ccccc1)C(C)(C)C)C(F)(F)F. The molecule has 2 amide bonds. The molecule has 0 spiro atoms. The molecule has 0 aliphatic heterocycles. The summed E-state index contributed by atoms with van der Waals surface area (Å²) in [6.07, 6.45) is -4.12. The molecule has 0 saturated carbocycles. The Kier molecular flexibility index (Phi) is 5.58. The van der Waals surface area contributed by atoms with Gasteiger partial charge in [0, 0.05) is 5.56 Å². The largest absolute Gasteiger partial charge is 0.421 e. The third-order valence-corrected chi connectivity index (χ3v) is 2.95. The van der Waals surface area contributed by atoms with Crippen LogP contribution in [0.25, 0.3) is 0 Å². The summed E-state index contributed by atoms with van der Waals surface area (Å²) in [6, 6.07) is 8.01. The van der Waals surface area contributed by atoms with Crippen LogP contribution in [0.15, 0.2) is 42.0 Å². The summed E-state index contributed by atoms with van der Waals surface area (Å²) in [7, 11) is 0. The minimum atomic E-state index is -4.79. The van der Waals surface area contributed by atoms with Crippen LogP contribution in [0.1, 0.15) is 38.1 Å². The van der Waals surface area contributed by atoms with E-state index in [-0.39, 0.29) is 5.56 Å². The highest BCUT2D eigenvalue weighted by molar-refractivity contribution is 5.99. The number of alkyl halides is 3. The number of nitrogens with one attached hydrogen (secondary N) is 1. The number of hydrazine groups is 1. The lowest BCUT2D eigenvalue weighted by atomic mass is 10.1. The zero-order chi connectivity index (χ0) is 17.8. The Morgan fingerprint density at radius 2 is 1.61 bits per heavy atom. The van der Waals surface area contributed by atoms with E-state index in [1.54, 1.807) is 39.0 Å². The standard InChI is InChI=1S/C16H19F3N2O2/c1-5-12(16(17,18)19)13(22)20-21(15(2,3)4)14(23)11-9-7-6-8-10-11/h5-10H,1-4H3,(H,20,22). The Morgan fingerprint density at radius 3 is 2.00 bits per heavy atom. The molecule has 126 valence electrons. The first-order valence-electron chi connectivity index (χ1n) is 6.92. The maximum atomic E-state index is 12.8. The Morgan fingerprint density at radius 1 is 1.09 bits per heavy atom. The highest BCUT2D eigenvalue weighted by Gasteiger charge is 2.40. The van der Waals surface area contributed by atoms with Crippen molar-refractivity contribution in [1.29, 1.82) is 0 Å². The molecule has 23 heavy (non-hydrogen) atoms. The summed E-state index contributed by atoms with van der Waals surface area (Å²) >= 11 is 0. The molecule has 0 aromatic heterocycles. The normalized spacial score (nSPS) is 12.7. The number of amides is 2. The summed E-state index contributed by atoms with van der Waals surface area (Å²) in [5.41, 5.74) is 0.0665. The van der Waals surface area contributed by atoms with Crippen LogP contribution in [0.4, 0.5) is 13.2 Å². The van der Waals surface area contributed by atoms with Crippen LogP contribution < -0.4 is 5.43 Å². The molecule has 1 rings (SSSR count). The fourth-order valence-electron chi connectivity index (χ4n) is 1.82. The van der Waals surface area contributed by atoms with Crippen molar-refractivity contribution in [2.24, 2.45) is 0 Å². The monoisotopic (exact) mass is 328 g/mol. The molecule has 0 aliphatic carbocycles. The van der Waals surface area contributed by atoms with E-state index in [2.05, 4.69) is 5.43 Å². The maximum absolute atomic E-state index is 12.8. The van der Waals surface area contributed by atoms with Gasteiger partial charge in [0.1, 0.15) is 5.57 Å². The van der Waals surface area contributed by atoms with E-state index >= 15 is 0 Å². The zero-order valence-electron chi connectivity index (χ0n) is 13.4. The van der Waals surface area contributed by atoms with Gasteiger partial charge in [-0.1, -0.05) is 24.3 Å².